The van der Waals surface area contributed by atoms with E-state index in [9.17, 15) is 27.1 Å². The quantitative estimate of drug-likeness (QED) is 0.254. The van der Waals surface area contributed by atoms with Gasteiger partial charge in [-0.25, -0.2) is 27.9 Å². The molecule has 1 aliphatic heterocycles. The number of benzene rings is 2. The maximum atomic E-state index is 14.2. The molecule has 1 aromatic heterocycles. The van der Waals surface area contributed by atoms with Gasteiger partial charge in [-0.3, -0.25) is 9.11 Å². The number of amides is 2. The number of aryl methyl sites for hydroxylation is 1. The number of carbonyl (C=O) groups is 1. The smallest absolute Gasteiger partial charge is 0.319 e. The Bertz CT molecular complexity index is 1420. The molecule has 0 bridgehead atoms. The van der Waals surface area contributed by atoms with Gasteiger partial charge in [0.1, 0.15) is 16.4 Å². The first-order valence-corrected chi connectivity index (χ1v) is 14.8. The van der Waals surface area contributed by atoms with Crippen LogP contribution in [-0.2, 0) is 9.48 Å². The lowest BCUT2D eigenvalue weighted by Gasteiger charge is -2.42. The molecule has 5 rings (SSSR count). The topological polar surface area (TPSA) is 120 Å². The molecule has 0 spiro atoms. The van der Waals surface area contributed by atoms with Crippen LogP contribution in [0.4, 0.5) is 29.5 Å². The number of nitrogens with zero attached hydrogens (tertiary/aromatic N) is 3. The fourth-order valence-electron chi connectivity index (χ4n) is 4.95. The Morgan fingerprint density at radius 1 is 1.17 bits per heavy atom. The zero-order valence-corrected chi connectivity index (χ0v) is 23.4. The molecule has 2 fully saturated rings. The molecule has 1 atom stereocenters. The third-order valence-corrected chi connectivity index (χ3v) is 10.1. The molecular weight excluding hydrogens is 559 g/mol. The SMILES string of the molecule is Cc1ccc(F)cc1S(O)(O)C1(c2cc(N3CCOC[C@@H]3C)nc(-c3ccc(NC(=O)NCC(F)F)cc3)n2)CC1. The van der Waals surface area contributed by atoms with Crippen LogP contribution >= 0.6 is 10.6 Å². The van der Waals surface area contributed by atoms with Crippen LogP contribution in [0.15, 0.2) is 53.4 Å². The summed E-state index contributed by atoms with van der Waals surface area (Å²) in [5.74, 6) is 0.387. The standard InChI is InChI=1S/C28H32F3N5O4S/c1-17-3-6-20(29)13-22(17)41(38,39)28(9-10-28)23-14-25(36-11-12-40-16-18(36)2)35-26(34-23)19-4-7-21(8-5-19)33-27(37)32-15-24(30)31/h3-8,13-14,18,24,38-39H,9-12,15-16H2,1-2H3,(H2,32,33,37)/t18-/m0/s1. The zero-order chi connectivity index (χ0) is 29.4. The van der Waals surface area contributed by atoms with Crippen molar-refractivity contribution in [2.45, 2.75) is 48.8 Å². The summed E-state index contributed by atoms with van der Waals surface area (Å²) in [5.41, 5.74) is 2.01. The molecule has 0 unspecified atom stereocenters. The van der Waals surface area contributed by atoms with Crippen LogP contribution < -0.4 is 15.5 Å². The Labute approximate surface area is 237 Å². The van der Waals surface area contributed by atoms with Gasteiger partial charge in [0.05, 0.1) is 36.4 Å². The van der Waals surface area contributed by atoms with E-state index < -0.39 is 40.2 Å². The number of carbonyl (C=O) groups excluding carboxylic acids is 1. The molecule has 4 N–H and O–H groups in total. The van der Waals surface area contributed by atoms with Crippen molar-refractivity contribution in [3.8, 4) is 11.4 Å². The number of hydrogen-bond donors (Lipinski definition) is 4. The number of ether oxygens (including phenoxy) is 1. The Morgan fingerprint density at radius 2 is 1.90 bits per heavy atom. The summed E-state index contributed by atoms with van der Waals surface area (Å²) in [5, 5.41) is 4.58. The van der Waals surface area contributed by atoms with Gasteiger partial charge in [0.25, 0.3) is 6.43 Å². The average molecular weight is 592 g/mol. The Hall–Kier alpha value is -3.39. The normalized spacial score (nSPS) is 18.7. The monoisotopic (exact) mass is 591 g/mol. The van der Waals surface area contributed by atoms with Gasteiger partial charge in [-0.1, -0.05) is 6.07 Å². The van der Waals surface area contributed by atoms with Crippen molar-refractivity contribution in [1.82, 2.24) is 15.3 Å². The lowest BCUT2D eigenvalue weighted by atomic mass is 10.1. The number of hydrogen-bond acceptors (Lipinski definition) is 7. The number of alkyl halides is 2. The first-order chi connectivity index (χ1) is 19.5. The molecule has 2 amide bonds. The van der Waals surface area contributed by atoms with Crippen molar-refractivity contribution in [2.24, 2.45) is 0 Å². The van der Waals surface area contributed by atoms with Gasteiger partial charge >= 0.3 is 6.03 Å². The van der Waals surface area contributed by atoms with Crippen molar-refractivity contribution in [1.29, 1.82) is 0 Å². The van der Waals surface area contributed by atoms with Gasteiger partial charge in [0.15, 0.2) is 5.82 Å². The molecule has 9 nitrogen and oxygen atoms in total. The van der Waals surface area contributed by atoms with E-state index in [2.05, 4.69) is 15.5 Å². The first kappa shape index (κ1) is 29.1. The predicted molar refractivity (Wildman–Crippen MR) is 151 cm³/mol. The second-order valence-corrected chi connectivity index (χ2v) is 12.6. The number of rotatable bonds is 8. The summed E-state index contributed by atoms with van der Waals surface area (Å²) in [6.07, 6.45) is -1.75. The minimum Gasteiger partial charge on any atom is -0.377 e. The molecule has 2 aliphatic rings. The van der Waals surface area contributed by atoms with Gasteiger partial charge in [-0.05, 0) is 68.7 Å². The third kappa shape index (κ3) is 5.98. The minimum atomic E-state index is -3.51. The van der Waals surface area contributed by atoms with E-state index in [-0.39, 0.29) is 10.9 Å². The Morgan fingerprint density at radius 3 is 2.56 bits per heavy atom. The van der Waals surface area contributed by atoms with Crippen LogP contribution in [0.2, 0.25) is 0 Å². The summed E-state index contributed by atoms with van der Waals surface area (Å²) in [7, 11) is -3.51. The lowest BCUT2D eigenvalue weighted by molar-refractivity contribution is 0.0985. The number of halogens is 3. The molecule has 1 saturated carbocycles. The maximum Gasteiger partial charge on any atom is 0.319 e. The van der Waals surface area contributed by atoms with Crippen LogP contribution in [0.3, 0.4) is 0 Å². The molecule has 3 aromatic rings. The summed E-state index contributed by atoms with van der Waals surface area (Å²) >= 11 is 0. The Kier molecular flexibility index (Phi) is 8.15. The zero-order valence-electron chi connectivity index (χ0n) is 22.6. The summed E-state index contributed by atoms with van der Waals surface area (Å²) in [6, 6.07) is 11.6. The molecule has 0 radical (unpaired) electrons. The van der Waals surface area contributed by atoms with E-state index in [4.69, 9.17) is 14.7 Å². The van der Waals surface area contributed by atoms with Crippen LogP contribution in [-0.4, -0.2) is 63.9 Å². The van der Waals surface area contributed by atoms with Gasteiger partial charge in [-0.15, -0.1) is 0 Å². The maximum absolute atomic E-state index is 14.2. The molecule has 2 heterocycles. The van der Waals surface area contributed by atoms with Crippen LogP contribution in [0, 0.1) is 12.7 Å². The van der Waals surface area contributed by atoms with Gasteiger partial charge in [0, 0.05) is 23.9 Å². The molecule has 2 aromatic carbocycles. The lowest BCUT2D eigenvalue weighted by Crippen LogP contribution is -2.44. The van der Waals surface area contributed by atoms with Crippen LogP contribution in [0.5, 0.6) is 0 Å². The predicted octanol–water partition coefficient (Wildman–Crippen LogP) is 6.00. The highest BCUT2D eigenvalue weighted by atomic mass is 32.3. The minimum absolute atomic E-state index is 0.0126. The highest BCUT2D eigenvalue weighted by molar-refractivity contribution is 8.25. The van der Waals surface area contributed by atoms with Crippen LogP contribution in [0.1, 0.15) is 31.0 Å². The molecule has 41 heavy (non-hydrogen) atoms. The van der Waals surface area contributed by atoms with E-state index in [0.29, 0.717) is 66.8 Å². The van der Waals surface area contributed by atoms with E-state index in [1.54, 1.807) is 37.3 Å². The first-order valence-electron chi connectivity index (χ1n) is 13.2. The van der Waals surface area contributed by atoms with E-state index in [0.717, 1.165) is 0 Å². The fraction of sp³-hybridized carbons (Fsp3) is 0.393. The van der Waals surface area contributed by atoms with Gasteiger partial charge in [-0.2, -0.15) is 10.6 Å². The summed E-state index contributed by atoms with van der Waals surface area (Å²) in [6.45, 7) is 4.57. The van der Waals surface area contributed by atoms with Crippen molar-refractivity contribution in [3.63, 3.8) is 0 Å². The average Bonchev–Trinajstić information content (AvgIpc) is 3.77. The Balaban J connectivity index is 1.52. The number of aromatic nitrogens is 2. The molecular formula is C28H32F3N5O4S. The molecule has 220 valence electrons. The number of nitrogens with one attached hydrogen (secondary N) is 2. The molecule has 13 heteroatoms. The summed E-state index contributed by atoms with van der Waals surface area (Å²) < 4.78 is 66.7. The summed E-state index contributed by atoms with van der Waals surface area (Å²) in [4.78, 5) is 23.7. The second kappa shape index (κ2) is 11.5. The van der Waals surface area contributed by atoms with Gasteiger partial charge < -0.3 is 20.3 Å². The van der Waals surface area contributed by atoms with Gasteiger partial charge in [0.2, 0.25) is 0 Å². The molecule has 1 aliphatic carbocycles. The van der Waals surface area contributed by atoms with Crippen molar-refractivity contribution in [2.75, 3.05) is 36.5 Å². The van der Waals surface area contributed by atoms with Crippen molar-refractivity contribution < 1.29 is 31.8 Å². The van der Waals surface area contributed by atoms with E-state index in [1.165, 1.54) is 18.2 Å². The number of morpholine rings is 1. The molecule has 1 saturated heterocycles. The number of anilines is 2. The van der Waals surface area contributed by atoms with E-state index in [1.807, 2.05) is 6.92 Å². The van der Waals surface area contributed by atoms with Crippen molar-refractivity contribution in [3.05, 3.63) is 65.6 Å². The largest absolute Gasteiger partial charge is 0.377 e. The van der Waals surface area contributed by atoms with E-state index >= 15 is 0 Å². The van der Waals surface area contributed by atoms with Crippen LogP contribution in [0.25, 0.3) is 11.4 Å². The highest BCUT2D eigenvalue weighted by Gasteiger charge is 2.58. The van der Waals surface area contributed by atoms with Crippen molar-refractivity contribution >= 4 is 28.1 Å². The fourth-order valence-corrected chi connectivity index (χ4v) is 7.23. The second-order valence-electron chi connectivity index (χ2n) is 10.3. The highest BCUT2D eigenvalue weighted by Crippen LogP contribution is 2.75. The number of urea groups is 1. The third-order valence-electron chi connectivity index (χ3n) is 7.37.